The Kier molecular flexibility index (Phi) is 5.79. The largest absolute Gasteiger partial charge is 0.445 e. The van der Waals surface area contributed by atoms with Crippen LogP contribution in [0, 0.1) is 6.92 Å². The summed E-state index contributed by atoms with van der Waals surface area (Å²) in [5.74, 6) is 0. The number of carbonyl (C=O) groups is 1. The third kappa shape index (κ3) is 5.06. The molecule has 2 aromatic rings. The van der Waals surface area contributed by atoms with E-state index in [1.54, 1.807) is 12.1 Å². The molecule has 1 saturated heterocycles. The van der Waals surface area contributed by atoms with Crippen LogP contribution in [-0.4, -0.2) is 39.9 Å². The molecule has 0 spiro atoms. The van der Waals surface area contributed by atoms with Crippen LogP contribution in [0.2, 0.25) is 0 Å². The van der Waals surface area contributed by atoms with Crippen molar-refractivity contribution in [2.24, 2.45) is 0 Å². The fourth-order valence-corrected chi connectivity index (χ4v) is 3.47. The number of hydrogen-bond acceptors (Lipinski definition) is 6. The van der Waals surface area contributed by atoms with Crippen molar-refractivity contribution in [2.45, 2.75) is 24.0 Å². The molecule has 0 unspecified atom stereocenters. The third-order valence-corrected chi connectivity index (χ3v) is 5.41. The van der Waals surface area contributed by atoms with Gasteiger partial charge in [-0.25, -0.2) is 4.79 Å². The van der Waals surface area contributed by atoms with E-state index >= 15 is 0 Å². The number of amides is 1. The zero-order valence-corrected chi connectivity index (χ0v) is 15.7. The maximum atomic E-state index is 12.3. The summed E-state index contributed by atoms with van der Waals surface area (Å²) in [7, 11) is -3.93. The minimum absolute atomic E-state index is 0.0649. The number of alkyl carbamates (subject to hydrolysis) is 1. The van der Waals surface area contributed by atoms with Gasteiger partial charge in [-0.05, 0) is 24.6 Å². The van der Waals surface area contributed by atoms with Gasteiger partial charge in [-0.1, -0.05) is 48.0 Å². The number of nitrogens with one attached hydrogen (secondary N) is 1. The molecule has 27 heavy (non-hydrogen) atoms. The van der Waals surface area contributed by atoms with Gasteiger partial charge in [0.05, 0.1) is 24.7 Å². The molecule has 0 saturated carbocycles. The zero-order chi connectivity index (χ0) is 19.3. The average Bonchev–Trinajstić information content (AvgIpc) is 2.63. The predicted molar refractivity (Wildman–Crippen MR) is 97.6 cm³/mol. The van der Waals surface area contributed by atoms with Crippen molar-refractivity contribution in [3.63, 3.8) is 0 Å². The summed E-state index contributed by atoms with van der Waals surface area (Å²) in [6, 6.07) is 15.6. The molecular formula is C19H21NO6S. The highest BCUT2D eigenvalue weighted by Gasteiger charge is 2.42. The van der Waals surface area contributed by atoms with E-state index in [4.69, 9.17) is 13.7 Å². The second-order valence-corrected chi connectivity index (χ2v) is 8.10. The highest BCUT2D eigenvalue weighted by molar-refractivity contribution is 7.86. The van der Waals surface area contributed by atoms with Crippen LogP contribution in [0.25, 0.3) is 0 Å². The van der Waals surface area contributed by atoms with Crippen molar-refractivity contribution >= 4 is 16.2 Å². The van der Waals surface area contributed by atoms with Crippen molar-refractivity contribution in [2.75, 3.05) is 19.8 Å². The Morgan fingerprint density at radius 3 is 2.37 bits per heavy atom. The second kappa shape index (κ2) is 8.08. The Morgan fingerprint density at radius 1 is 1.11 bits per heavy atom. The molecule has 8 heteroatoms. The van der Waals surface area contributed by atoms with E-state index in [2.05, 4.69) is 5.32 Å². The van der Waals surface area contributed by atoms with Crippen molar-refractivity contribution in [3.8, 4) is 0 Å². The number of carbonyl (C=O) groups excluding carboxylic acids is 1. The summed E-state index contributed by atoms with van der Waals surface area (Å²) >= 11 is 0. The first-order valence-electron chi connectivity index (χ1n) is 8.41. The van der Waals surface area contributed by atoms with Crippen LogP contribution in [0.3, 0.4) is 0 Å². The molecule has 1 amide bonds. The maximum Gasteiger partial charge on any atom is 0.408 e. The minimum atomic E-state index is -3.93. The van der Waals surface area contributed by atoms with Gasteiger partial charge in [0.15, 0.2) is 0 Å². The average molecular weight is 391 g/mol. The number of ether oxygens (including phenoxy) is 2. The van der Waals surface area contributed by atoms with Gasteiger partial charge in [0, 0.05) is 0 Å². The van der Waals surface area contributed by atoms with Gasteiger partial charge in [0.2, 0.25) is 0 Å². The second-order valence-electron chi connectivity index (χ2n) is 6.49. The molecule has 0 atom stereocenters. The van der Waals surface area contributed by atoms with Gasteiger partial charge in [-0.3, -0.25) is 4.18 Å². The predicted octanol–water partition coefficient (Wildman–Crippen LogP) is 2.40. The quantitative estimate of drug-likeness (QED) is 0.729. The van der Waals surface area contributed by atoms with Crippen LogP contribution in [0.15, 0.2) is 59.5 Å². The molecule has 0 aliphatic carbocycles. The summed E-state index contributed by atoms with van der Waals surface area (Å²) in [6.45, 7) is 2.05. The SMILES string of the molecule is Cc1ccc(S(=O)(=O)OCC2(NC(=O)OCc3ccccc3)COC2)cc1. The van der Waals surface area contributed by atoms with Gasteiger partial charge < -0.3 is 14.8 Å². The maximum absolute atomic E-state index is 12.3. The molecule has 0 aromatic heterocycles. The van der Waals surface area contributed by atoms with E-state index in [1.807, 2.05) is 37.3 Å². The fraction of sp³-hybridized carbons (Fsp3) is 0.316. The third-order valence-electron chi connectivity index (χ3n) is 4.14. The number of benzene rings is 2. The molecule has 144 valence electrons. The number of hydrogen-bond donors (Lipinski definition) is 1. The first kappa shape index (κ1) is 19.3. The zero-order valence-electron chi connectivity index (χ0n) is 14.9. The molecule has 7 nitrogen and oxygen atoms in total. The van der Waals surface area contributed by atoms with Crippen molar-refractivity contribution in [1.29, 1.82) is 0 Å². The van der Waals surface area contributed by atoms with Crippen molar-refractivity contribution in [3.05, 3.63) is 65.7 Å². The van der Waals surface area contributed by atoms with E-state index in [0.717, 1.165) is 11.1 Å². The van der Waals surface area contributed by atoms with Crippen LogP contribution in [-0.2, 0) is 30.4 Å². The van der Waals surface area contributed by atoms with Gasteiger partial charge >= 0.3 is 6.09 Å². The Morgan fingerprint density at radius 2 is 1.78 bits per heavy atom. The van der Waals surface area contributed by atoms with Crippen molar-refractivity contribution < 1.29 is 26.9 Å². The smallest absolute Gasteiger partial charge is 0.408 e. The summed E-state index contributed by atoms with van der Waals surface area (Å²) in [6.07, 6.45) is -0.654. The highest BCUT2D eigenvalue weighted by atomic mass is 32.2. The Bertz CT molecular complexity index is 876. The van der Waals surface area contributed by atoms with E-state index in [1.165, 1.54) is 12.1 Å². The van der Waals surface area contributed by atoms with Gasteiger partial charge in [-0.15, -0.1) is 0 Å². The lowest BCUT2D eigenvalue weighted by atomic mass is 9.99. The van der Waals surface area contributed by atoms with E-state index in [0.29, 0.717) is 0 Å². The lowest BCUT2D eigenvalue weighted by molar-refractivity contribution is -0.0893. The van der Waals surface area contributed by atoms with Gasteiger partial charge in [-0.2, -0.15) is 8.42 Å². The first-order valence-corrected chi connectivity index (χ1v) is 9.82. The fourth-order valence-electron chi connectivity index (χ4n) is 2.48. The van der Waals surface area contributed by atoms with Crippen LogP contribution >= 0.6 is 0 Å². The summed E-state index contributed by atoms with van der Waals surface area (Å²) in [5, 5.41) is 2.66. The van der Waals surface area contributed by atoms with Crippen LogP contribution < -0.4 is 5.32 Å². The molecule has 1 aliphatic heterocycles. The van der Waals surface area contributed by atoms with Crippen LogP contribution in [0.4, 0.5) is 4.79 Å². The highest BCUT2D eigenvalue weighted by Crippen LogP contribution is 2.21. The lowest BCUT2D eigenvalue weighted by Crippen LogP contribution is -2.65. The Balaban J connectivity index is 1.55. The van der Waals surface area contributed by atoms with Crippen LogP contribution in [0.5, 0.6) is 0 Å². The molecule has 1 fully saturated rings. The monoisotopic (exact) mass is 391 g/mol. The molecule has 1 aliphatic rings. The minimum Gasteiger partial charge on any atom is -0.445 e. The standard InChI is InChI=1S/C19H21NO6S/c1-15-7-9-17(10-8-15)27(22,23)26-14-19(12-24-13-19)20-18(21)25-11-16-5-3-2-4-6-16/h2-10H,11-14H2,1H3,(H,20,21). The summed E-state index contributed by atoms with van der Waals surface area (Å²) < 4.78 is 40.1. The molecule has 3 rings (SSSR count). The summed E-state index contributed by atoms with van der Waals surface area (Å²) in [4.78, 5) is 12.1. The van der Waals surface area contributed by atoms with Gasteiger partial charge in [0.1, 0.15) is 12.1 Å². The summed E-state index contributed by atoms with van der Waals surface area (Å²) in [5.41, 5.74) is 0.872. The molecule has 0 bridgehead atoms. The van der Waals surface area contributed by atoms with E-state index in [9.17, 15) is 13.2 Å². The topological polar surface area (TPSA) is 90.9 Å². The normalized spacial score (nSPS) is 15.6. The van der Waals surface area contributed by atoms with E-state index < -0.39 is 21.8 Å². The molecule has 1 heterocycles. The molecule has 2 aromatic carbocycles. The number of aryl methyl sites for hydroxylation is 1. The van der Waals surface area contributed by atoms with Crippen LogP contribution in [0.1, 0.15) is 11.1 Å². The van der Waals surface area contributed by atoms with Gasteiger partial charge in [0.25, 0.3) is 10.1 Å². The van der Waals surface area contributed by atoms with Crippen molar-refractivity contribution in [1.82, 2.24) is 5.32 Å². The molecule has 1 N–H and O–H groups in total. The lowest BCUT2D eigenvalue weighted by Gasteiger charge is -2.40. The Labute approximate surface area is 158 Å². The van der Waals surface area contributed by atoms with E-state index in [-0.39, 0.29) is 31.3 Å². The molecular weight excluding hydrogens is 370 g/mol. The first-order chi connectivity index (χ1) is 12.9. The Hall–Kier alpha value is -2.42. The molecule has 0 radical (unpaired) electrons. The number of rotatable bonds is 7.